The van der Waals surface area contributed by atoms with Crippen LogP contribution in [-0.2, 0) is 13.1 Å². The van der Waals surface area contributed by atoms with Crippen LogP contribution in [0.15, 0.2) is 42.5 Å². The Morgan fingerprint density at radius 1 is 1.19 bits per heavy atom. The van der Waals surface area contributed by atoms with Crippen molar-refractivity contribution >= 4 is 5.69 Å². The monoisotopic (exact) mass is 286 g/mol. The fourth-order valence-electron chi connectivity index (χ4n) is 2.18. The van der Waals surface area contributed by atoms with Gasteiger partial charge < -0.3 is 10.1 Å². The van der Waals surface area contributed by atoms with Gasteiger partial charge in [0.2, 0.25) is 0 Å². The maximum atomic E-state index is 10.9. The minimum atomic E-state index is -0.346. The molecule has 0 radical (unpaired) electrons. The Labute approximate surface area is 123 Å². The molecule has 0 aromatic heterocycles. The summed E-state index contributed by atoms with van der Waals surface area (Å²) >= 11 is 0. The number of hydrogen-bond donors (Lipinski definition) is 1. The van der Waals surface area contributed by atoms with Crippen molar-refractivity contribution in [2.75, 3.05) is 7.11 Å². The highest BCUT2D eigenvalue weighted by atomic mass is 16.6. The van der Waals surface area contributed by atoms with Crippen LogP contribution in [0.4, 0.5) is 5.69 Å². The Morgan fingerprint density at radius 3 is 2.67 bits per heavy atom. The smallest absolute Gasteiger partial charge is 0.272 e. The van der Waals surface area contributed by atoms with Gasteiger partial charge in [-0.05, 0) is 30.2 Å². The third-order valence-corrected chi connectivity index (χ3v) is 3.39. The predicted molar refractivity (Wildman–Crippen MR) is 81.4 cm³/mol. The summed E-state index contributed by atoms with van der Waals surface area (Å²) in [4.78, 5) is 10.6. The Bertz CT molecular complexity index is 641. The molecule has 0 saturated heterocycles. The first-order valence-corrected chi connectivity index (χ1v) is 6.68. The molecule has 2 aromatic carbocycles. The molecule has 0 atom stereocenters. The van der Waals surface area contributed by atoms with Crippen LogP contribution in [0.3, 0.4) is 0 Å². The van der Waals surface area contributed by atoms with Gasteiger partial charge in [-0.25, -0.2) is 0 Å². The van der Waals surface area contributed by atoms with Crippen molar-refractivity contribution in [3.8, 4) is 5.75 Å². The lowest BCUT2D eigenvalue weighted by Crippen LogP contribution is -2.14. The Hall–Kier alpha value is -2.40. The van der Waals surface area contributed by atoms with Crippen molar-refractivity contribution in [3.05, 3.63) is 69.3 Å². The number of nitrogens with zero attached hydrogens (tertiary/aromatic N) is 1. The molecule has 1 N–H and O–H groups in total. The van der Waals surface area contributed by atoms with Crippen LogP contribution in [-0.4, -0.2) is 12.0 Å². The second-order valence-electron chi connectivity index (χ2n) is 4.77. The van der Waals surface area contributed by atoms with Crippen molar-refractivity contribution < 1.29 is 9.66 Å². The van der Waals surface area contributed by atoms with Crippen molar-refractivity contribution in [2.24, 2.45) is 0 Å². The van der Waals surface area contributed by atoms with Crippen LogP contribution in [0.2, 0.25) is 0 Å². The number of ether oxygens (including phenoxy) is 1. The number of benzene rings is 2. The molecule has 110 valence electrons. The molecule has 0 bridgehead atoms. The lowest BCUT2D eigenvalue weighted by Gasteiger charge is -2.09. The van der Waals surface area contributed by atoms with Crippen LogP contribution in [0.25, 0.3) is 0 Å². The molecule has 5 nitrogen and oxygen atoms in total. The van der Waals surface area contributed by atoms with Crippen LogP contribution in [0.5, 0.6) is 5.75 Å². The number of nitrogens with one attached hydrogen (secondary N) is 1. The van der Waals surface area contributed by atoms with Gasteiger partial charge in [-0.2, -0.15) is 0 Å². The van der Waals surface area contributed by atoms with E-state index in [-0.39, 0.29) is 10.6 Å². The van der Waals surface area contributed by atoms with Crippen molar-refractivity contribution in [1.29, 1.82) is 0 Å². The van der Waals surface area contributed by atoms with Gasteiger partial charge in [-0.3, -0.25) is 10.1 Å². The summed E-state index contributed by atoms with van der Waals surface area (Å²) in [5.41, 5.74) is 2.92. The standard InChI is InChI=1S/C16H18N2O3/c1-12-14(6-4-8-16(12)18(19)20)11-17-10-13-5-3-7-15(9-13)21-2/h3-9,17H,10-11H2,1-2H3. The molecule has 0 aliphatic rings. The molecule has 0 heterocycles. The van der Waals surface area contributed by atoms with E-state index in [1.165, 1.54) is 6.07 Å². The number of methoxy groups -OCH3 is 1. The van der Waals surface area contributed by atoms with E-state index >= 15 is 0 Å². The molecule has 2 rings (SSSR count). The molecule has 0 saturated carbocycles. The lowest BCUT2D eigenvalue weighted by atomic mass is 10.1. The topological polar surface area (TPSA) is 64.4 Å². The number of nitro benzene ring substituents is 1. The van der Waals surface area contributed by atoms with Gasteiger partial charge in [0, 0.05) is 24.7 Å². The lowest BCUT2D eigenvalue weighted by molar-refractivity contribution is -0.385. The average Bonchev–Trinajstić information content (AvgIpc) is 2.49. The molecule has 0 amide bonds. The van der Waals surface area contributed by atoms with Gasteiger partial charge >= 0.3 is 0 Å². The molecule has 0 aliphatic carbocycles. The highest BCUT2D eigenvalue weighted by molar-refractivity contribution is 5.44. The molecule has 2 aromatic rings. The second kappa shape index (κ2) is 6.85. The van der Waals surface area contributed by atoms with E-state index in [0.29, 0.717) is 18.7 Å². The number of hydrogen-bond acceptors (Lipinski definition) is 4. The predicted octanol–water partition coefficient (Wildman–Crippen LogP) is 3.20. The van der Waals surface area contributed by atoms with E-state index in [9.17, 15) is 10.1 Å². The Kier molecular flexibility index (Phi) is 4.90. The van der Waals surface area contributed by atoms with Crippen LogP contribution < -0.4 is 10.1 Å². The molecule has 0 spiro atoms. The average molecular weight is 286 g/mol. The fourth-order valence-corrected chi connectivity index (χ4v) is 2.18. The Balaban J connectivity index is 2.00. The third kappa shape index (κ3) is 3.79. The van der Waals surface area contributed by atoms with E-state index in [2.05, 4.69) is 5.32 Å². The van der Waals surface area contributed by atoms with E-state index < -0.39 is 0 Å². The molecule has 0 aliphatic heterocycles. The second-order valence-corrected chi connectivity index (χ2v) is 4.77. The van der Waals surface area contributed by atoms with Gasteiger partial charge in [0.1, 0.15) is 5.75 Å². The highest BCUT2D eigenvalue weighted by Gasteiger charge is 2.12. The quantitative estimate of drug-likeness (QED) is 0.654. The number of nitro groups is 1. The summed E-state index contributed by atoms with van der Waals surface area (Å²) < 4.78 is 5.18. The van der Waals surface area contributed by atoms with Crippen molar-refractivity contribution in [1.82, 2.24) is 5.32 Å². The summed E-state index contributed by atoms with van der Waals surface area (Å²) in [7, 11) is 1.64. The zero-order chi connectivity index (χ0) is 15.2. The summed E-state index contributed by atoms with van der Waals surface area (Å²) in [6, 6.07) is 13.0. The van der Waals surface area contributed by atoms with Crippen LogP contribution in [0, 0.1) is 17.0 Å². The van der Waals surface area contributed by atoms with Crippen molar-refractivity contribution in [2.45, 2.75) is 20.0 Å². The van der Waals surface area contributed by atoms with Gasteiger partial charge in [0.15, 0.2) is 0 Å². The zero-order valence-corrected chi connectivity index (χ0v) is 12.1. The van der Waals surface area contributed by atoms with E-state index in [1.807, 2.05) is 30.3 Å². The minimum Gasteiger partial charge on any atom is -0.497 e. The minimum absolute atomic E-state index is 0.163. The van der Waals surface area contributed by atoms with E-state index in [4.69, 9.17) is 4.74 Å². The summed E-state index contributed by atoms with van der Waals surface area (Å²) in [6.45, 7) is 3.05. The van der Waals surface area contributed by atoms with Crippen LogP contribution in [0.1, 0.15) is 16.7 Å². The van der Waals surface area contributed by atoms with Crippen LogP contribution >= 0.6 is 0 Å². The summed E-state index contributed by atoms with van der Waals surface area (Å²) in [5, 5.41) is 14.2. The first-order chi connectivity index (χ1) is 10.1. The summed E-state index contributed by atoms with van der Waals surface area (Å²) in [5.74, 6) is 0.820. The molecular weight excluding hydrogens is 268 g/mol. The van der Waals surface area contributed by atoms with Gasteiger partial charge in [0.25, 0.3) is 5.69 Å². The van der Waals surface area contributed by atoms with Gasteiger partial charge in [-0.1, -0.05) is 24.3 Å². The van der Waals surface area contributed by atoms with Crippen molar-refractivity contribution in [3.63, 3.8) is 0 Å². The maximum Gasteiger partial charge on any atom is 0.272 e. The highest BCUT2D eigenvalue weighted by Crippen LogP contribution is 2.21. The Morgan fingerprint density at radius 2 is 1.95 bits per heavy atom. The van der Waals surface area contributed by atoms with E-state index in [0.717, 1.165) is 16.9 Å². The third-order valence-electron chi connectivity index (χ3n) is 3.39. The van der Waals surface area contributed by atoms with E-state index in [1.54, 1.807) is 20.1 Å². The molecular formula is C16H18N2O3. The SMILES string of the molecule is COc1cccc(CNCc2cccc([N+](=O)[O-])c2C)c1. The summed E-state index contributed by atoms with van der Waals surface area (Å²) in [6.07, 6.45) is 0. The number of rotatable bonds is 6. The van der Waals surface area contributed by atoms with Gasteiger partial charge in [0.05, 0.1) is 12.0 Å². The first-order valence-electron chi connectivity index (χ1n) is 6.68. The largest absolute Gasteiger partial charge is 0.497 e. The maximum absolute atomic E-state index is 10.9. The molecule has 0 fully saturated rings. The zero-order valence-electron chi connectivity index (χ0n) is 12.1. The molecule has 5 heteroatoms. The molecule has 21 heavy (non-hydrogen) atoms. The molecule has 0 unspecified atom stereocenters. The van der Waals surface area contributed by atoms with Gasteiger partial charge in [-0.15, -0.1) is 0 Å². The normalized spacial score (nSPS) is 10.4. The fraction of sp³-hybridized carbons (Fsp3) is 0.250. The first kappa shape index (κ1) is 15.0.